The first kappa shape index (κ1) is 13.1. The van der Waals surface area contributed by atoms with E-state index in [2.05, 4.69) is 11.3 Å². The molecular formula is C8H15NO4S. The Morgan fingerprint density at radius 1 is 1.50 bits per heavy atom. The van der Waals surface area contributed by atoms with Crippen molar-refractivity contribution in [2.24, 2.45) is 0 Å². The van der Waals surface area contributed by atoms with E-state index in [0.29, 0.717) is 12.8 Å². The van der Waals surface area contributed by atoms with Crippen molar-refractivity contribution in [1.29, 1.82) is 0 Å². The maximum absolute atomic E-state index is 11.1. The quantitative estimate of drug-likeness (QED) is 0.457. The molecule has 0 unspecified atom stereocenters. The first-order valence-electron chi connectivity index (χ1n) is 4.28. The van der Waals surface area contributed by atoms with Gasteiger partial charge in [-0.15, -0.1) is 6.58 Å². The highest BCUT2D eigenvalue weighted by molar-refractivity contribution is 7.89. The van der Waals surface area contributed by atoms with Crippen LogP contribution in [0.1, 0.15) is 19.3 Å². The minimum atomic E-state index is -3.26. The Labute approximate surface area is 83.9 Å². The van der Waals surface area contributed by atoms with Crippen LogP contribution in [0, 0.1) is 0 Å². The van der Waals surface area contributed by atoms with Crippen LogP contribution in [0.5, 0.6) is 0 Å². The molecule has 0 fully saturated rings. The topological polar surface area (TPSA) is 83.5 Å². The van der Waals surface area contributed by atoms with Crippen molar-refractivity contribution in [1.82, 2.24) is 4.72 Å². The molecule has 0 amide bonds. The molecule has 0 rings (SSSR count). The maximum Gasteiger partial charge on any atom is 0.303 e. The zero-order chi connectivity index (χ0) is 11.0. The van der Waals surface area contributed by atoms with Gasteiger partial charge in [0.15, 0.2) is 0 Å². The van der Waals surface area contributed by atoms with Crippen LogP contribution < -0.4 is 4.72 Å². The van der Waals surface area contributed by atoms with Gasteiger partial charge < -0.3 is 5.11 Å². The van der Waals surface area contributed by atoms with E-state index in [1.54, 1.807) is 0 Å². The molecule has 0 saturated heterocycles. The first-order chi connectivity index (χ1) is 6.48. The molecule has 82 valence electrons. The molecule has 0 aromatic heterocycles. The molecule has 0 bridgehead atoms. The second-order valence-corrected chi connectivity index (χ2v) is 4.71. The third kappa shape index (κ3) is 7.75. The van der Waals surface area contributed by atoms with Crippen LogP contribution in [0.3, 0.4) is 0 Å². The highest BCUT2D eigenvalue weighted by atomic mass is 32.2. The average Bonchev–Trinajstić information content (AvgIpc) is 2.09. The van der Waals surface area contributed by atoms with Crippen molar-refractivity contribution >= 4 is 16.0 Å². The molecule has 0 aromatic rings. The van der Waals surface area contributed by atoms with Crippen LogP contribution in [0.2, 0.25) is 0 Å². The van der Waals surface area contributed by atoms with Gasteiger partial charge in [-0.2, -0.15) is 0 Å². The molecule has 5 nitrogen and oxygen atoms in total. The van der Waals surface area contributed by atoms with Gasteiger partial charge in [-0.3, -0.25) is 4.79 Å². The first-order valence-corrected chi connectivity index (χ1v) is 5.93. The lowest BCUT2D eigenvalue weighted by Gasteiger charge is -2.03. The van der Waals surface area contributed by atoms with E-state index < -0.39 is 16.0 Å². The van der Waals surface area contributed by atoms with Crippen LogP contribution in [0.25, 0.3) is 0 Å². The molecule has 0 saturated carbocycles. The number of hydrogen-bond acceptors (Lipinski definition) is 3. The molecule has 6 heteroatoms. The molecule has 14 heavy (non-hydrogen) atoms. The van der Waals surface area contributed by atoms with Crippen LogP contribution in [-0.2, 0) is 14.8 Å². The summed E-state index contributed by atoms with van der Waals surface area (Å²) in [6.45, 7) is 3.59. The number of carboxylic acids is 1. The number of hydrogen-bond donors (Lipinski definition) is 2. The van der Waals surface area contributed by atoms with E-state index in [4.69, 9.17) is 5.11 Å². The van der Waals surface area contributed by atoms with Crippen LogP contribution in [0.4, 0.5) is 0 Å². The summed E-state index contributed by atoms with van der Waals surface area (Å²) < 4.78 is 24.6. The highest BCUT2D eigenvalue weighted by Gasteiger charge is 2.07. The number of allylic oxidation sites excluding steroid dienone is 1. The van der Waals surface area contributed by atoms with Gasteiger partial charge in [-0.05, 0) is 12.8 Å². The fourth-order valence-corrected chi connectivity index (χ4v) is 1.85. The zero-order valence-corrected chi connectivity index (χ0v) is 8.72. The van der Waals surface area contributed by atoms with Crippen molar-refractivity contribution < 1.29 is 18.3 Å². The zero-order valence-electron chi connectivity index (χ0n) is 7.90. The van der Waals surface area contributed by atoms with Gasteiger partial charge in [0.2, 0.25) is 10.0 Å². The number of carboxylic acid groups (broad SMARTS) is 1. The summed E-state index contributed by atoms with van der Waals surface area (Å²) in [5.41, 5.74) is 0. The van der Waals surface area contributed by atoms with Crippen molar-refractivity contribution in [3.63, 3.8) is 0 Å². The second-order valence-electron chi connectivity index (χ2n) is 2.79. The molecule has 0 radical (unpaired) electrons. The van der Waals surface area contributed by atoms with Crippen LogP contribution in [-0.4, -0.2) is 31.8 Å². The van der Waals surface area contributed by atoms with Crippen LogP contribution >= 0.6 is 0 Å². The van der Waals surface area contributed by atoms with Gasteiger partial charge in [0.1, 0.15) is 0 Å². The molecule has 2 N–H and O–H groups in total. The molecule has 0 aliphatic heterocycles. The fraction of sp³-hybridized carbons (Fsp3) is 0.625. The van der Waals surface area contributed by atoms with Gasteiger partial charge >= 0.3 is 5.97 Å². The van der Waals surface area contributed by atoms with E-state index in [0.717, 1.165) is 0 Å². The minimum absolute atomic E-state index is 0.00354. The minimum Gasteiger partial charge on any atom is -0.481 e. The Hall–Kier alpha value is -0.880. The third-order valence-electron chi connectivity index (χ3n) is 1.48. The number of nitrogens with one attached hydrogen (secondary N) is 1. The average molecular weight is 221 g/mol. The van der Waals surface area contributed by atoms with E-state index in [9.17, 15) is 13.2 Å². The summed E-state index contributed by atoms with van der Waals surface area (Å²) in [4.78, 5) is 10.1. The lowest BCUT2D eigenvalue weighted by atomic mass is 10.3. The molecular weight excluding hydrogens is 206 g/mol. The Morgan fingerprint density at radius 3 is 2.64 bits per heavy atom. The van der Waals surface area contributed by atoms with Gasteiger partial charge in [0.05, 0.1) is 5.75 Å². The van der Waals surface area contributed by atoms with Gasteiger partial charge in [0.25, 0.3) is 0 Å². The van der Waals surface area contributed by atoms with E-state index in [-0.39, 0.29) is 18.7 Å². The predicted octanol–water partition coefficient (Wildman–Crippen LogP) is 0.347. The monoisotopic (exact) mass is 221 g/mol. The lowest BCUT2D eigenvalue weighted by molar-refractivity contribution is -0.137. The Bertz CT molecular complexity index is 284. The maximum atomic E-state index is 11.1. The van der Waals surface area contributed by atoms with E-state index >= 15 is 0 Å². The largest absolute Gasteiger partial charge is 0.481 e. The van der Waals surface area contributed by atoms with Crippen molar-refractivity contribution in [2.75, 3.05) is 12.3 Å². The molecule has 0 spiro atoms. The third-order valence-corrected chi connectivity index (χ3v) is 2.90. The van der Waals surface area contributed by atoms with Crippen LogP contribution in [0.15, 0.2) is 12.7 Å². The molecule has 0 atom stereocenters. The summed E-state index contributed by atoms with van der Waals surface area (Å²) in [5, 5.41) is 8.29. The van der Waals surface area contributed by atoms with Crippen molar-refractivity contribution in [3.05, 3.63) is 12.7 Å². The Kier molecular flexibility index (Phi) is 6.14. The summed E-state index contributed by atoms with van der Waals surface area (Å²) in [6.07, 6.45) is 2.21. The Balaban J connectivity index is 3.66. The second kappa shape index (κ2) is 6.56. The smallest absolute Gasteiger partial charge is 0.303 e. The van der Waals surface area contributed by atoms with E-state index in [1.165, 1.54) is 6.08 Å². The van der Waals surface area contributed by atoms with E-state index in [1.807, 2.05) is 0 Å². The highest BCUT2D eigenvalue weighted by Crippen LogP contribution is 1.92. The summed E-state index contributed by atoms with van der Waals surface area (Å²) in [5.74, 6) is -0.917. The number of rotatable bonds is 8. The standard InChI is InChI=1S/C8H15NO4S/c1-2-3-7-14(12,13)9-6-4-5-8(10)11/h2,9H,1,3-7H2,(H,10,11). The number of sulfonamides is 1. The molecule has 0 aromatic carbocycles. The summed E-state index contributed by atoms with van der Waals surface area (Å²) >= 11 is 0. The molecule has 0 aliphatic rings. The SMILES string of the molecule is C=CCCS(=O)(=O)NCCCC(=O)O. The summed E-state index contributed by atoms with van der Waals surface area (Å²) in [7, 11) is -3.26. The lowest BCUT2D eigenvalue weighted by Crippen LogP contribution is -2.27. The summed E-state index contributed by atoms with van der Waals surface area (Å²) in [6, 6.07) is 0. The van der Waals surface area contributed by atoms with Crippen molar-refractivity contribution in [3.8, 4) is 0 Å². The van der Waals surface area contributed by atoms with Gasteiger partial charge in [-0.25, -0.2) is 13.1 Å². The van der Waals surface area contributed by atoms with Gasteiger partial charge in [-0.1, -0.05) is 6.08 Å². The number of carbonyl (C=O) groups is 1. The fourth-order valence-electron chi connectivity index (χ4n) is 0.778. The molecule has 0 heterocycles. The van der Waals surface area contributed by atoms with Gasteiger partial charge in [0, 0.05) is 13.0 Å². The predicted molar refractivity (Wildman–Crippen MR) is 53.5 cm³/mol. The molecule has 0 aliphatic carbocycles. The normalized spacial score (nSPS) is 11.1. The Morgan fingerprint density at radius 2 is 2.14 bits per heavy atom. The van der Waals surface area contributed by atoms with Crippen molar-refractivity contribution in [2.45, 2.75) is 19.3 Å². The number of aliphatic carboxylic acids is 1.